The van der Waals surface area contributed by atoms with Crippen molar-refractivity contribution in [2.75, 3.05) is 5.32 Å². The average Bonchev–Trinajstić information content (AvgIpc) is 2.70. The Labute approximate surface area is 119 Å². The van der Waals surface area contributed by atoms with Gasteiger partial charge in [-0.15, -0.1) is 0 Å². The Morgan fingerprint density at radius 2 is 2.05 bits per heavy atom. The van der Waals surface area contributed by atoms with Crippen LogP contribution < -0.4 is 5.32 Å². The lowest BCUT2D eigenvalue weighted by Crippen LogP contribution is -2.43. The molecule has 2 bridgehead atoms. The largest absolute Gasteiger partial charge is 0.324 e. The molecular formula is C16H20N2O2. The molecule has 1 amide bonds. The van der Waals surface area contributed by atoms with Crippen molar-refractivity contribution in [1.82, 2.24) is 4.98 Å². The van der Waals surface area contributed by atoms with Crippen LogP contribution in [-0.4, -0.2) is 16.7 Å². The maximum absolute atomic E-state index is 12.8. The van der Waals surface area contributed by atoms with Gasteiger partial charge in [-0.2, -0.15) is 0 Å². The zero-order chi connectivity index (χ0) is 14.6. The summed E-state index contributed by atoms with van der Waals surface area (Å²) in [7, 11) is 0. The SMILES string of the molecule is CC1(C)[C@]2(C(=O)Nc3cccnc3)CC[C@]1(C)C(=O)C2. The normalized spacial score (nSPS) is 34.2. The van der Waals surface area contributed by atoms with Crippen molar-refractivity contribution in [2.45, 2.75) is 40.0 Å². The first-order valence-corrected chi connectivity index (χ1v) is 7.08. The van der Waals surface area contributed by atoms with Crippen LogP contribution >= 0.6 is 0 Å². The number of hydrogen-bond donors (Lipinski definition) is 1. The first-order valence-electron chi connectivity index (χ1n) is 7.08. The number of nitrogens with zero attached hydrogens (tertiary/aromatic N) is 1. The third kappa shape index (κ3) is 1.39. The van der Waals surface area contributed by atoms with Gasteiger partial charge in [-0.3, -0.25) is 14.6 Å². The molecule has 2 atom stereocenters. The second kappa shape index (κ2) is 3.90. The quantitative estimate of drug-likeness (QED) is 0.900. The van der Waals surface area contributed by atoms with Gasteiger partial charge in [0.2, 0.25) is 5.91 Å². The number of nitrogens with one attached hydrogen (secondary N) is 1. The zero-order valence-corrected chi connectivity index (χ0v) is 12.2. The molecule has 0 unspecified atom stereocenters. The Morgan fingerprint density at radius 1 is 1.30 bits per heavy atom. The monoisotopic (exact) mass is 272 g/mol. The molecule has 4 heteroatoms. The van der Waals surface area contributed by atoms with Crippen molar-refractivity contribution in [1.29, 1.82) is 0 Å². The van der Waals surface area contributed by atoms with Crippen LogP contribution in [0.1, 0.15) is 40.0 Å². The molecular weight excluding hydrogens is 252 g/mol. The van der Waals surface area contributed by atoms with Crippen molar-refractivity contribution in [3.8, 4) is 0 Å². The second-order valence-corrected chi connectivity index (χ2v) is 6.83. The lowest BCUT2D eigenvalue weighted by atomic mass is 9.64. The van der Waals surface area contributed by atoms with Gasteiger partial charge in [-0.1, -0.05) is 20.8 Å². The molecule has 1 aromatic heterocycles. The average molecular weight is 272 g/mol. The molecule has 2 aliphatic rings. The van der Waals surface area contributed by atoms with Gasteiger partial charge in [-0.05, 0) is 30.4 Å². The summed E-state index contributed by atoms with van der Waals surface area (Å²) in [6, 6.07) is 3.61. The highest BCUT2D eigenvalue weighted by Crippen LogP contribution is 2.70. The summed E-state index contributed by atoms with van der Waals surface area (Å²) < 4.78 is 0. The van der Waals surface area contributed by atoms with E-state index < -0.39 is 5.41 Å². The Bertz CT molecular complexity index is 581. The summed E-state index contributed by atoms with van der Waals surface area (Å²) in [5.41, 5.74) is -0.548. The van der Waals surface area contributed by atoms with Gasteiger partial charge in [0, 0.05) is 18.0 Å². The second-order valence-electron chi connectivity index (χ2n) is 6.83. The first kappa shape index (κ1) is 13.3. The molecule has 1 heterocycles. The summed E-state index contributed by atoms with van der Waals surface area (Å²) in [6.07, 6.45) is 5.26. The molecule has 2 saturated carbocycles. The molecule has 0 spiro atoms. The van der Waals surface area contributed by atoms with Gasteiger partial charge >= 0.3 is 0 Å². The third-order valence-corrected chi connectivity index (χ3v) is 6.06. The molecule has 0 aliphatic heterocycles. The summed E-state index contributed by atoms with van der Waals surface area (Å²) in [5, 5.41) is 2.94. The molecule has 2 aliphatic carbocycles. The molecule has 20 heavy (non-hydrogen) atoms. The molecule has 2 fully saturated rings. The van der Waals surface area contributed by atoms with Crippen molar-refractivity contribution >= 4 is 17.4 Å². The Hall–Kier alpha value is -1.71. The predicted octanol–water partition coefficient (Wildman–Crippen LogP) is 2.81. The van der Waals surface area contributed by atoms with Gasteiger partial charge in [0.25, 0.3) is 0 Å². The minimum atomic E-state index is -0.575. The fourth-order valence-corrected chi connectivity index (χ4v) is 4.05. The van der Waals surface area contributed by atoms with Crippen molar-refractivity contribution in [3.63, 3.8) is 0 Å². The Balaban J connectivity index is 1.94. The first-order chi connectivity index (χ1) is 9.33. The van der Waals surface area contributed by atoms with E-state index in [4.69, 9.17) is 0 Å². The van der Waals surface area contributed by atoms with E-state index in [1.807, 2.05) is 13.0 Å². The lowest BCUT2D eigenvalue weighted by Gasteiger charge is -2.38. The summed E-state index contributed by atoms with van der Waals surface area (Å²) >= 11 is 0. The summed E-state index contributed by atoms with van der Waals surface area (Å²) in [5.74, 6) is 0.195. The van der Waals surface area contributed by atoms with Crippen molar-refractivity contribution < 1.29 is 9.59 Å². The van der Waals surface area contributed by atoms with E-state index in [0.29, 0.717) is 12.1 Å². The highest BCUT2D eigenvalue weighted by molar-refractivity contribution is 6.04. The van der Waals surface area contributed by atoms with Gasteiger partial charge in [-0.25, -0.2) is 0 Å². The van der Waals surface area contributed by atoms with Crippen LogP contribution in [0.5, 0.6) is 0 Å². The fraction of sp³-hybridized carbons (Fsp3) is 0.562. The number of aromatic nitrogens is 1. The van der Waals surface area contributed by atoms with E-state index in [1.54, 1.807) is 18.5 Å². The molecule has 1 N–H and O–H groups in total. The van der Waals surface area contributed by atoms with Crippen LogP contribution in [0.3, 0.4) is 0 Å². The van der Waals surface area contributed by atoms with E-state index in [9.17, 15) is 9.59 Å². The number of fused-ring (bicyclic) bond motifs is 2. The van der Waals surface area contributed by atoms with E-state index >= 15 is 0 Å². The third-order valence-electron chi connectivity index (χ3n) is 6.06. The fourth-order valence-electron chi connectivity index (χ4n) is 4.05. The molecule has 0 aromatic carbocycles. The van der Waals surface area contributed by atoms with Crippen LogP contribution in [-0.2, 0) is 9.59 Å². The number of carbonyl (C=O) groups is 2. The van der Waals surface area contributed by atoms with Gasteiger partial charge in [0.05, 0.1) is 17.3 Å². The minimum Gasteiger partial charge on any atom is -0.324 e. The smallest absolute Gasteiger partial charge is 0.231 e. The Morgan fingerprint density at radius 3 is 2.55 bits per heavy atom. The molecule has 106 valence electrons. The topological polar surface area (TPSA) is 59.1 Å². The molecule has 4 nitrogen and oxygen atoms in total. The highest BCUT2D eigenvalue weighted by atomic mass is 16.2. The molecule has 0 radical (unpaired) electrons. The number of Topliss-reactive ketones (excluding diaryl/α,β-unsaturated/α-hetero) is 1. The number of pyridine rings is 1. The highest BCUT2D eigenvalue weighted by Gasteiger charge is 2.72. The van der Waals surface area contributed by atoms with Crippen LogP contribution in [0.25, 0.3) is 0 Å². The van der Waals surface area contributed by atoms with E-state index in [0.717, 1.165) is 12.8 Å². The number of rotatable bonds is 2. The van der Waals surface area contributed by atoms with Crippen LogP contribution in [0, 0.1) is 16.2 Å². The van der Waals surface area contributed by atoms with E-state index in [-0.39, 0.29) is 22.5 Å². The predicted molar refractivity (Wildman–Crippen MR) is 76.0 cm³/mol. The summed E-state index contributed by atoms with van der Waals surface area (Å²) in [4.78, 5) is 29.2. The van der Waals surface area contributed by atoms with Gasteiger partial charge in [0.1, 0.15) is 5.78 Å². The number of amides is 1. The lowest BCUT2D eigenvalue weighted by molar-refractivity contribution is -0.131. The van der Waals surface area contributed by atoms with Crippen LogP contribution in [0.2, 0.25) is 0 Å². The maximum atomic E-state index is 12.8. The van der Waals surface area contributed by atoms with Crippen LogP contribution in [0.15, 0.2) is 24.5 Å². The van der Waals surface area contributed by atoms with Crippen LogP contribution in [0.4, 0.5) is 5.69 Å². The van der Waals surface area contributed by atoms with Gasteiger partial charge < -0.3 is 5.32 Å². The molecule has 1 aromatic rings. The number of carbonyl (C=O) groups excluding carboxylic acids is 2. The van der Waals surface area contributed by atoms with Crippen molar-refractivity contribution in [3.05, 3.63) is 24.5 Å². The summed E-state index contributed by atoms with van der Waals surface area (Å²) in [6.45, 7) is 6.14. The molecule has 0 saturated heterocycles. The molecule has 3 rings (SSSR count). The van der Waals surface area contributed by atoms with E-state index in [2.05, 4.69) is 24.1 Å². The minimum absolute atomic E-state index is 0.0370. The maximum Gasteiger partial charge on any atom is 0.231 e. The van der Waals surface area contributed by atoms with Gasteiger partial charge in [0.15, 0.2) is 0 Å². The zero-order valence-electron chi connectivity index (χ0n) is 12.2. The van der Waals surface area contributed by atoms with Crippen molar-refractivity contribution in [2.24, 2.45) is 16.2 Å². The Kier molecular flexibility index (Phi) is 2.59. The standard InChI is InChI=1S/C16H20N2O2/c1-14(2)15(3)6-7-16(14,9-12(15)19)13(20)18-11-5-4-8-17-10-11/h4-5,8,10H,6-7,9H2,1-3H3,(H,18,20)/t15-,16-/m1/s1. The van der Waals surface area contributed by atoms with E-state index in [1.165, 1.54) is 0 Å². The number of ketones is 1. The number of anilines is 1. The number of hydrogen-bond acceptors (Lipinski definition) is 3.